The molecular weight excluding hydrogens is 288 g/mol. The number of carbonyl (C=O) groups is 2. The van der Waals surface area contributed by atoms with Crippen LogP contribution in [0.2, 0.25) is 0 Å². The van der Waals surface area contributed by atoms with E-state index in [1.807, 2.05) is 24.3 Å². The molecule has 1 aliphatic rings. The highest BCUT2D eigenvalue weighted by atomic mass is 79.9. The molecule has 0 bridgehead atoms. The van der Waals surface area contributed by atoms with Gasteiger partial charge >= 0.3 is 5.97 Å². The Morgan fingerprint density at radius 1 is 1.53 bits per heavy atom. The van der Waals surface area contributed by atoms with E-state index in [4.69, 9.17) is 5.11 Å². The number of amides is 1. The molecule has 0 saturated heterocycles. The molecule has 1 N–H and O–H groups in total. The molecule has 0 saturated carbocycles. The predicted molar refractivity (Wildman–Crippen MR) is 64.3 cm³/mol. The lowest BCUT2D eigenvalue weighted by Crippen LogP contribution is -2.30. The fourth-order valence-corrected chi connectivity index (χ4v) is 1.97. The van der Waals surface area contributed by atoms with Gasteiger partial charge in [0, 0.05) is 10.7 Å². The smallest absolute Gasteiger partial charge is 0.321 e. The number of hydrogen-bond donors (Lipinski definition) is 1. The van der Waals surface area contributed by atoms with Crippen molar-refractivity contribution >= 4 is 34.0 Å². The molecule has 5 nitrogen and oxygen atoms in total. The summed E-state index contributed by atoms with van der Waals surface area (Å²) in [4.78, 5) is 22.4. The third kappa shape index (κ3) is 2.52. The number of nitrogens with zero attached hydrogens (tertiary/aromatic N) is 2. The Bertz CT molecular complexity index is 501. The topological polar surface area (TPSA) is 70.0 Å². The van der Waals surface area contributed by atoms with Crippen molar-refractivity contribution in [3.8, 4) is 0 Å². The highest BCUT2D eigenvalue weighted by Crippen LogP contribution is 2.17. The molecule has 2 rings (SSSR count). The highest BCUT2D eigenvalue weighted by Gasteiger charge is 2.34. The number of halogens is 1. The van der Waals surface area contributed by atoms with Crippen LogP contribution in [0, 0.1) is 5.92 Å². The zero-order chi connectivity index (χ0) is 12.4. The van der Waals surface area contributed by atoms with Crippen molar-refractivity contribution < 1.29 is 14.7 Å². The second kappa shape index (κ2) is 4.67. The Morgan fingerprint density at radius 2 is 2.29 bits per heavy atom. The summed E-state index contributed by atoms with van der Waals surface area (Å²) in [6, 6.07) is 7.43. The monoisotopic (exact) mass is 296 g/mol. The number of benzene rings is 1. The van der Waals surface area contributed by atoms with Gasteiger partial charge < -0.3 is 5.11 Å². The van der Waals surface area contributed by atoms with E-state index in [1.165, 1.54) is 5.01 Å². The minimum atomic E-state index is -1.17. The fourth-order valence-electron chi connectivity index (χ4n) is 1.52. The zero-order valence-corrected chi connectivity index (χ0v) is 10.3. The number of carboxylic acids is 1. The van der Waals surface area contributed by atoms with E-state index in [-0.39, 0.29) is 6.54 Å². The Balaban J connectivity index is 2.09. The lowest BCUT2D eigenvalue weighted by atomic mass is 10.1. The van der Waals surface area contributed by atoms with E-state index in [9.17, 15) is 9.59 Å². The van der Waals surface area contributed by atoms with Crippen molar-refractivity contribution in [3.63, 3.8) is 0 Å². The second-order valence-corrected chi connectivity index (χ2v) is 4.52. The molecule has 6 heteroatoms. The summed E-state index contributed by atoms with van der Waals surface area (Å²) in [5, 5.41) is 13.7. The van der Waals surface area contributed by atoms with Crippen LogP contribution in [-0.2, 0) is 16.1 Å². The maximum absolute atomic E-state index is 11.6. The van der Waals surface area contributed by atoms with E-state index < -0.39 is 17.8 Å². The second-order valence-electron chi connectivity index (χ2n) is 3.61. The normalized spacial score (nSPS) is 18.8. The van der Waals surface area contributed by atoms with Crippen LogP contribution in [0.15, 0.2) is 33.8 Å². The van der Waals surface area contributed by atoms with Crippen molar-refractivity contribution in [1.29, 1.82) is 0 Å². The molecule has 1 aromatic rings. The molecule has 1 aliphatic heterocycles. The molecule has 1 amide bonds. The minimum absolute atomic E-state index is 0.276. The summed E-state index contributed by atoms with van der Waals surface area (Å²) in [6.45, 7) is 0.276. The molecular formula is C11H9BrN2O3. The van der Waals surface area contributed by atoms with Crippen molar-refractivity contribution in [2.45, 2.75) is 6.54 Å². The maximum atomic E-state index is 11.6. The van der Waals surface area contributed by atoms with Crippen LogP contribution in [0.25, 0.3) is 0 Å². The molecule has 0 aromatic heterocycles. The zero-order valence-electron chi connectivity index (χ0n) is 8.71. The van der Waals surface area contributed by atoms with Gasteiger partial charge in [0.2, 0.25) is 0 Å². The first kappa shape index (κ1) is 11.8. The third-order valence-corrected chi connectivity index (χ3v) is 2.86. The van der Waals surface area contributed by atoms with Crippen LogP contribution in [-0.4, -0.2) is 28.2 Å². The summed E-state index contributed by atoms with van der Waals surface area (Å²) >= 11 is 3.33. The quantitative estimate of drug-likeness (QED) is 0.859. The van der Waals surface area contributed by atoms with E-state index in [2.05, 4.69) is 21.0 Å². The molecule has 1 unspecified atom stereocenters. The third-order valence-electron chi connectivity index (χ3n) is 2.36. The summed E-state index contributed by atoms with van der Waals surface area (Å²) in [5.41, 5.74) is 0.885. The van der Waals surface area contributed by atoms with Gasteiger partial charge in [-0.05, 0) is 17.7 Å². The summed E-state index contributed by atoms with van der Waals surface area (Å²) < 4.78 is 0.903. The Morgan fingerprint density at radius 3 is 2.88 bits per heavy atom. The number of hydrazone groups is 1. The maximum Gasteiger partial charge on any atom is 0.321 e. The fraction of sp³-hybridized carbons (Fsp3) is 0.182. The van der Waals surface area contributed by atoms with Crippen LogP contribution in [0.4, 0.5) is 0 Å². The summed E-state index contributed by atoms with van der Waals surface area (Å²) in [7, 11) is 0. The average molecular weight is 297 g/mol. The predicted octanol–water partition coefficient (Wildman–Crippen LogP) is 1.48. The molecule has 1 heterocycles. The van der Waals surface area contributed by atoms with Crippen molar-refractivity contribution in [1.82, 2.24) is 5.01 Å². The first-order chi connectivity index (χ1) is 8.08. The Labute approximate surface area is 106 Å². The first-order valence-corrected chi connectivity index (χ1v) is 5.70. The van der Waals surface area contributed by atoms with Gasteiger partial charge in [-0.3, -0.25) is 9.59 Å². The van der Waals surface area contributed by atoms with Gasteiger partial charge in [0.1, 0.15) is 0 Å². The number of carbonyl (C=O) groups excluding carboxylic acids is 1. The van der Waals surface area contributed by atoms with Crippen LogP contribution in [0.5, 0.6) is 0 Å². The molecule has 0 radical (unpaired) electrons. The SMILES string of the molecule is O=C(O)C1C=NN(Cc2cccc(Br)c2)C1=O. The first-order valence-electron chi connectivity index (χ1n) is 4.90. The van der Waals surface area contributed by atoms with Crippen molar-refractivity contribution in [2.24, 2.45) is 11.0 Å². The molecule has 0 aliphatic carbocycles. The van der Waals surface area contributed by atoms with Crippen molar-refractivity contribution in [3.05, 3.63) is 34.3 Å². The Hall–Kier alpha value is -1.69. The van der Waals surface area contributed by atoms with Gasteiger partial charge in [-0.1, -0.05) is 28.1 Å². The van der Waals surface area contributed by atoms with E-state index in [0.29, 0.717) is 0 Å². The van der Waals surface area contributed by atoms with Gasteiger partial charge in [-0.25, -0.2) is 5.01 Å². The lowest BCUT2D eigenvalue weighted by molar-refractivity contribution is -0.146. The largest absolute Gasteiger partial charge is 0.480 e. The van der Waals surface area contributed by atoms with E-state index in [1.54, 1.807) is 0 Å². The van der Waals surface area contributed by atoms with Crippen LogP contribution >= 0.6 is 15.9 Å². The number of hydrogen-bond acceptors (Lipinski definition) is 3. The van der Waals surface area contributed by atoms with Gasteiger partial charge in [-0.2, -0.15) is 5.10 Å². The van der Waals surface area contributed by atoms with Gasteiger partial charge in [-0.15, -0.1) is 0 Å². The minimum Gasteiger partial charge on any atom is -0.480 e. The van der Waals surface area contributed by atoms with Gasteiger partial charge in [0.05, 0.1) is 6.54 Å². The highest BCUT2D eigenvalue weighted by molar-refractivity contribution is 9.10. The standard InChI is InChI=1S/C11H9BrN2O3/c12-8-3-1-2-7(4-8)6-14-10(15)9(5-13-14)11(16)17/h1-5,9H,6H2,(H,16,17). The molecule has 88 valence electrons. The molecule has 0 spiro atoms. The van der Waals surface area contributed by atoms with Crippen molar-refractivity contribution in [2.75, 3.05) is 0 Å². The number of rotatable bonds is 3. The molecule has 17 heavy (non-hydrogen) atoms. The average Bonchev–Trinajstić information content (AvgIpc) is 2.61. The van der Waals surface area contributed by atoms with E-state index >= 15 is 0 Å². The molecule has 0 fully saturated rings. The molecule has 1 atom stereocenters. The van der Waals surface area contributed by atoms with Gasteiger partial charge in [0.25, 0.3) is 5.91 Å². The van der Waals surface area contributed by atoms with Crippen LogP contribution < -0.4 is 0 Å². The van der Waals surface area contributed by atoms with Crippen LogP contribution in [0.1, 0.15) is 5.56 Å². The number of carboxylic acid groups (broad SMARTS) is 1. The summed E-state index contributed by atoms with van der Waals surface area (Å²) in [5.74, 6) is -2.82. The van der Waals surface area contributed by atoms with Crippen LogP contribution in [0.3, 0.4) is 0 Å². The number of aliphatic carboxylic acids is 1. The lowest BCUT2D eigenvalue weighted by Gasteiger charge is -2.13. The van der Waals surface area contributed by atoms with E-state index in [0.717, 1.165) is 16.3 Å². The van der Waals surface area contributed by atoms with Gasteiger partial charge in [0.15, 0.2) is 5.92 Å². The summed E-state index contributed by atoms with van der Waals surface area (Å²) in [6.07, 6.45) is 1.16. The Kier molecular flexibility index (Phi) is 3.23. The molecule has 1 aromatic carbocycles.